The van der Waals surface area contributed by atoms with Crippen LogP contribution in [0.4, 0.5) is 4.79 Å². The summed E-state index contributed by atoms with van der Waals surface area (Å²) in [5.41, 5.74) is 0.492. The first-order valence-electron chi connectivity index (χ1n) is 7.58. The van der Waals surface area contributed by atoms with Crippen LogP contribution in [0, 0.1) is 0 Å². The smallest absolute Gasteiger partial charge is 0.407 e. The van der Waals surface area contributed by atoms with Gasteiger partial charge in [-0.2, -0.15) is 0 Å². The molecule has 1 saturated carbocycles. The monoisotopic (exact) mass is 307 g/mol. The predicted octanol–water partition coefficient (Wildman–Crippen LogP) is 2.24. The van der Waals surface area contributed by atoms with E-state index >= 15 is 0 Å². The van der Waals surface area contributed by atoms with Gasteiger partial charge in [0.15, 0.2) is 0 Å². The largest absolute Gasteiger partial charge is 0.481 e. The highest BCUT2D eigenvalue weighted by atomic mass is 16.6. The van der Waals surface area contributed by atoms with Crippen LogP contribution in [-0.4, -0.2) is 35.9 Å². The fourth-order valence-corrected chi connectivity index (χ4v) is 2.30. The van der Waals surface area contributed by atoms with Crippen LogP contribution < -0.4 is 15.4 Å². The highest BCUT2D eigenvalue weighted by Gasteiger charge is 2.31. The molecule has 1 aromatic heterocycles. The first-order chi connectivity index (χ1) is 10.4. The molecule has 6 heteroatoms. The van der Waals surface area contributed by atoms with E-state index < -0.39 is 5.60 Å². The number of alkyl carbamates (subject to hydrolysis) is 1. The molecule has 6 nitrogen and oxygen atoms in total. The van der Waals surface area contributed by atoms with Gasteiger partial charge in [-0.15, -0.1) is 0 Å². The Morgan fingerprint density at radius 2 is 2.05 bits per heavy atom. The lowest BCUT2D eigenvalue weighted by atomic mass is 9.87. The Labute approximate surface area is 131 Å². The Morgan fingerprint density at radius 3 is 2.68 bits per heavy atom. The van der Waals surface area contributed by atoms with Crippen molar-refractivity contribution in [2.75, 3.05) is 7.11 Å². The normalized spacial score (nSPS) is 20.9. The number of nitrogens with zero attached hydrogens (tertiary/aromatic N) is 1. The third-order valence-corrected chi connectivity index (χ3v) is 3.42. The second kappa shape index (κ2) is 6.96. The van der Waals surface area contributed by atoms with Gasteiger partial charge in [0.1, 0.15) is 5.60 Å². The minimum atomic E-state index is -0.455. The molecule has 1 aromatic rings. The maximum absolute atomic E-state index is 11.6. The van der Waals surface area contributed by atoms with Gasteiger partial charge in [0, 0.05) is 24.7 Å². The molecule has 2 rings (SSSR count). The van der Waals surface area contributed by atoms with Gasteiger partial charge in [0.25, 0.3) is 0 Å². The fraction of sp³-hybridized carbons (Fsp3) is 0.625. The molecular formula is C16H25N3O3. The minimum absolute atomic E-state index is 0.186. The third kappa shape index (κ3) is 5.18. The summed E-state index contributed by atoms with van der Waals surface area (Å²) in [6.07, 6.45) is 1.47. The maximum Gasteiger partial charge on any atom is 0.407 e. The molecule has 122 valence electrons. The standard InChI is InChI=1S/C16H25N3O3/c1-16(2,3)22-15(20)19-13-8-12(9-13)17-10-11-6-5-7-14(18-11)21-4/h5-7,12-13,17H,8-10H2,1-4H3,(H,19,20). The number of ether oxygens (including phenoxy) is 2. The van der Waals surface area contributed by atoms with Gasteiger partial charge in [0.2, 0.25) is 5.88 Å². The Hall–Kier alpha value is -1.82. The zero-order valence-corrected chi connectivity index (χ0v) is 13.7. The Morgan fingerprint density at radius 1 is 1.32 bits per heavy atom. The van der Waals surface area contributed by atoms with E-state index in [9.17, 15) is 4.79 Å². The molecule has 0 atom stereocenters. The summed E-state index contributed by atoms with van der Waals surface area (Å²) in [6.45, 7) is 6.28. The van der Waals surface area contributed by atoms with Crippen LogP contribution in [0.25, 0.3) is 0 Å². The topological polar surface area (TPSA) is 72.5 Å². The number of pyridine rings is 1. The van der Waals surface area contributed by atoms with Crippen LogP contribution in [0.1, 0.15) is 39.3 Å². The van der Waals surface area contributed by atoms with E-state index in [1.54, 1.807) is 7.11 Å². The highest BCUT2D eigenvalue weighted by Crippen LogP contribution is 2.21. The molecule has 22 heavy (non-hydrogen) atoms. The number of hydrogen-bond acceptors (Lipinski definition) is 5. The van der Waals surface area contributed by atoms with Gasteiger partial charge < -0.3 is 20.1 Å². The van der Waals surface area contributed by atoms with Crippen LogP contribution in [-0.2, 0) is 11.3 Å². The van der Waals surface area contributed by atoms with Crippen molar-refractivity contribution in [2.45, 2.75) is 57.8 Å². The van der Waals surface area contributed by atoms with Crippen molar-refractivity contribution in [2.24, 2.45) is 0 Å². The SMILES string of the molecule is COc1cccc(CNC2CC(NC(=O)OC(C)(C)C)C2)n1. The van der Waals surface area contributed by atoms with Crippen molar-refractivity contribution < 1.29 is 14.3 Å². The number of carbonyl (C=O) groups excluding carboxylic acids is 1. The minimum Gasteiger partial charge on any atom is -0.481 e. The Kier molecular flexibility index (Phi) is 5.24. The number of methoxy groups -OCH3 is 1. The number of nitrogens with one attached hydrogen (secondary N) is 2. The van der Waals surface area contributed by atoms with Gasteiger partial charge in [-0.3, -0.25) is 0 Å². The van der Waals surface area contributed by atoms with E-state index in [4.69, 9.17) is 9.47 Å². The van der Waals surface area contributed by atoms with Crippen LogP contribution in [0.5, 0.6) is 5.88 Å². The van der Waals surface area contributed by atoms with Crippen LogP contribution in [0.15, 0.2) is 18.2 Å². The first kappa shape index (κ1) is 16.5. The molecule has 0 aliphatic heterocycles. The molecule has 1 amide bonds. The quantitative estimate of drug-likeness (QED) is 0.873. The summed E-state index contributed by atoms with van der Waals surface area (Å²) in [6, 6.07) is 6.30. The van der Waals surface area contributed by atoms with Gasteiger partial charge in [-0.05, 0) is 39.7 Å². The molecule has 0 radical (unpaired) electrons. The molecular weight excluding hydrogens is 282 g/mol. The van der Waals surface area contributed by atoms with Crippen LogP contribution >= 0.6 is 0 Å². The van der Waals surface area contributed by atoms with Crippen molar-refractivity contribution in [3.8, 4) is 5.88 Å². The van der Waals surface area contributed by atoms with Gasteiger partial charge >= 0.3 is 6.09 Å². The number of hydrogen-bond donors (Lipinski definition) is 2. The second-order valence-electron chi connectivity index (χ2n) is 6.56. The average Bonchev–Trinajstić information content (AvgIpc) is 2.39. The van der Waals surface area contributed by atoms with Gasteiger partial charge in [-0.25, -0.2) is 9.78 Å². The summed E-state index contributed by atoms with van der Waals surface area (Å²) < 4.78 is 10.3. The summed E-state index contributed by atoms with van der Waals surface area (Å²) in [5, 5.41) is 6.31. The van der Waals surface area contributed by atoms with Crippen molar-refractivity contribution in [3.63, 3.8) is 0 Å². The number of aromatic nitrogens is 1. The molecule has 0 bridgehead atoms. The molecule has 1 aliphatic carbocycles. The lowest BCUT2D eigenvalue weighted by molar-refractivity contribution is 0.0465. The van der Waals surface area contributed by atoms with E-state index in [2.05, 4.69) is 15.6 Å². The van der Waals surface area contributed by atoms with Crippen LogP contribution in [0.2, 0.25) is 0 Å². The summed E-state index contributed by atoms with van der Waals surface area (Å²) >= 11 is 0. The number of rotatable bonds is 5. The molecule has 1 heterocycles. The molecule has 0 saturated heterocycles. The van der Waals surface area contributed by atoms with Gasteiger partial charge in [0.05, 0.1) is 12.8 Å². The van der Waals surface area contributed by atoms with Gasteiger partial charge in [-0.1, -0.05) is 6.07 Å². The first-order valence-corrected chi connectivity index (χ1v) is 7.58. The molecule has 1 aliphatic rings. The summed E-state index contributed by atoms with van der Waals surface area (Å²) in [5.74, 6) is 0.623. The zero-order valence-electron chi connectivity index (χ0n) is 13.7. The second-order valence-corrected chi connectivity index (χ2v) is 6.56. The van der Waals surface area contributed by atoms with Crippen LogP contribution in [0.3, 0.4) is 0 Å². The van der Waals surface area contributed by atoms with E-state index in [1.807, 2.05) is 39.0 Å². The lowest BCUT2D eigenvalue weighted by Gasteiger charge is -2.36. The maximum atomic E-state index is 11.6. The molecule has 1 fully saturated rings. The summed E-state index contributed by atoms with van der Waals surface area (Å²) in [7, 11) is 1.61. The molecule has 0 aromatic carbocycles. The third-order valence-electron chi connectivity index (χ3n) is 3.42. The Bertz CT molecular complexity index is 508. The van der Waals surface area contributed by atoms with Crippen molar-refractivity contribution >= 4 is 6.09 Å². The summed E-state index contributed by atoms with van der Waals surface area (Å²) in [4.78, 5) is 16.0. The molecule has 2 N–H and O–H groups in total. The van der Waals surface area contributed by atoms with E-state index in [-0.39, 0.29) is 12.1 Å². The fourth-order valence-electron chi connectivity index (χ4n) is 2.30. The highest BCUT2D eigenvalue weighted by molar-refractivity contribution is 5.68. The lowest BCUT2D eigenvalue weighted by Crippen LogP contribution is -2.53. The van der Waals surface area contributed by atoms with Crippen molar-refractivity contribution in [1.29, 1.82) is 0 Å². The molecule has 0 unspecified atom stereocenters. The van der Waals surface area contributed by atoms with E-state index in [0.29, 0.717) is 18.5 Å². The van der Waals surface area contributed by atoms with Crippen molar-refractivity contribution in [1.82, 2.24) is 15.6 Å². The number of amides is 1. The predicted molar refractivity (Wildman–Crippen MR) is 83.8 cm³/mol. The zero-order chi connectivity index (χ0) is 16.2. The number of carbonyl (C=O) groups is 1. The van der Waals surface area contributed by atoms with E-state index in [0.717, 1.165) is 18.5 Å². The average molecular weight is 307 g/mol. The van der Waals surface area contributed by atoms with E-state index in [1.165, 1.54) is 0 Å². The Balaban J connectivity index is 1.66. The van der Waals surface area contributed by atoms with Crippen molar-refractivity contribution in [3.05, 3.63) is 23.9 Å². The molecule has 0 spiro atoms.